The molecule has 0 aliphatic carbocycles. The van der Waals surface area contributed by atoms with E-state index >= 15 is 0 Å². The Balaban J connectivity index is 2.58. The first-order valence-corrected chi connectivity index (χ1v) is 5.31. The van der Waals surface area contributed by atoms with Crippen LogP contribution in [0.25, 0.3) is 0 Å². The van der Waals surface area contributed by atoms with Gasteiger partial charge in [-0.1, -0.05) is 17.8 Å². The maximum absolute atomic E-state index is 11.1. The summed E-state index contributed by atoms with van der Waals surface area (Å²) in [6.07, 6.45) is 2.57. The zero-order chi connectivity index (χ0) is 11.3. The van der Waals surface area contributed by atoms with Crippen molar-refractivity contribution < 1.29 is 9.90 Å². The van der Waals surface area contributed by atoms with Gasteiger partial charge in [0, 0.05) is 18.4 Å². The Morgan fingerprint density at radius 1 is 1.73 bits per heavy atom. The van der Waals surface area contributed by atoms with Crippen LogP contribution in [0.2, 0.25) is 0 Å². The molecule has 0 fully saturated rings. The highest BCUT2D eigenvalue weighted by molar-refractivity contribution is 7.99. The monoisotopic (exact) mass is 229 g/mol. The minimum atomic E-state index is -0.981. The lowest BCUT2D eigenvalue weighted by Crippen LogP contribution is -2.16. The number of aromatic nitrogens is 3. The predicted molar refractivity (Wildman–Crippen MR) is 56.0 cm³/mol. The van der Waals surface area contributed by atoms with E-state index in [9.17, 15) is 9.59 Å². The summed E-state index contributed by atoms with van der Waals surface area (Å²) in [6.45, 7) is 2.38. The number of hydrogen-bond acceptors (Lipinski definition) is 4. The molecule has 0 saturated carbocycles. The van der Waals surface area contributed by atoms with Crippen molar-refractivity contribution in [1.29, 1.82) is 0 Å². The second kappa shape index (κ2) is 5.40. The third kappa shape index (κ3) is 3.28. The van der Waals surface area contributed by atoms with E-state index in [4.69, 9.17) is 5.11 Å². The maximum atomic E-state index is 11.1. The van der Waals surface area contributed by atoms with Crippen molar-refractivity contribution in [2.45, 2.75) is 18.6 Å². The average molecular weight is 229 g/mol. The molecule has 0 radical (unpaired) electrons. The first-order chi connectivity index (χ1) is 7.15. The van der Waals surface area contributed by atoms with Crippen LogP contribution in [-0.2, 0) is 11.3 Å². The number of carbonyl (C=O) groups is 1. The Hall–Kier alpha value is -1.50. The number of carboxylic acids is 1. The van der Waals surface area contributed by atoms with Crippen LogP contribution in [0.4, 0.5) is 0 Å². The number of aromatic amines is 1. The van der Waals surface area contributed by atoms with Gasteiger partial charge in [0.15, 0.2) is 5.16 Å². The first kappa shape index (κ1) is 11.6. The van der Waals surface area contributed by atoms with Crippen molar-refractivity contribution in [1.82, 2.24) is 14.8 Å². The molecule has 1 aromatic heterocycles. The fourth-order valence-corrected chi connectivity index (χ4v) is 1.78. The van der Waals surface area contributed by atoms with Crippen LogP contribution in [0.5, 0.6) is 0 Å². The zero-order valence-electron chi connectivity index (χ0n) is 8.14. The average Bonchev–Trinajstić information content (AvgIpc) is 2.53. The molecule has 0 spiro atoms. The molecule has 15 heavy (non-hydrogen) atoms. The van der Waals surface area contributed by atoms with Gasteiger partial charge in [0.1, 0.15) is 0 Å². The number of nitrogens with one attached hydrogen (secondary N) is 1. The molecule has 7 heteroatoms. The highest BCUT2D eigenvalue weighted by Gasteiger charge is 2.05. The minimum Gasteiger partial charge on any atom is -0.478 e. The van der Waals surface area contributed by atoms with Crippen LogP contribution in [0.15, 0.2) is 22.1 Å². The number of H-pyrrole nitrogens is 1. The summed E-state index contributed by atoms with van der Waals surface area (Å²) in [5.41, 5.74) is -0.248. The van der Waals surface area contributed by atoms with Gasteiger partial charge < -0.3 is 5.11 Å². The predicted octanol–water partition coefficient (Wildman–Crippen LogP) is 0.324. The molecule has 0 unspecified atom stereocenters. The van der Waals surface area contributed by atoms with Gasteiger partial charge in [-0.05, 0) is 6.92 Å². The SMILES string of the molecule is CCn1c(SCC=CC(=O)O)n[nH]c1=O. The topological polar surface area (TPSA) is 88.0 Å². The van der Waals surface area contributed by atoms with Gasteiger partial charge in [-0.2, -0.15) is 0 Å². The number of hydrogen-bond donors (Lipinski definition) is 2. The highest BCUT2D eigenvalue weighted by Crippen LogP contribution is 2.12. The van der Waals surface area contributed by atoms with Gasteiger partial charge in [0.25, 0.3) is 0 Å². The summed E-state index contributed by atoms with van der Waals surface area (Å²) < 4.78 is 1.49. The molecule has 0 amide bonds. The standard InChI is InChI=1S/C8H11N3O3S/c1-2-11-7(14)9-10-8(11)15-5-3-4-6(12)13/h3-4H,2,5H2,1H3,(H,9,14)(H,12,13). The van der Waals surface area contributed by atoms with Gasteiger partial charge >= 0.3 is 11.7 Å². The van der Waals surface area contributed by atoms with E-state index in [0.717, 1.165) is 6.08 Å². The summed E-state index contributed by atoms with van der Waals surface area (Å²) in [7, 11) is 0. The number of aliphatic carboxylic acids is 1. The lowest BCUT2D eigenvalue weighted by Gasteiger charge is -1.98. The Morgan fingerprint density at radius 3 is 3.07 bits per heavy atom. The van der Waals surface area contributed by atoms with Crippen LogP contribution in [0, 0.1) is 0 Å². The molecular formula is C8H11N3O3S. The third-order valence-corrected chi connectivity index (χ3v) is 2.54. The van der Waals surface area contributed by atoms with E-state index in [-0.39, 0.29) is 5.69 Å². The van der Waals surface area contributed by atoms with Crippen LogP contribution in [0.3, 0.4) is 0 Å². The fraction of sp³-hybridized carbons (Fsp3) is 0.375. The van der Waals surface area contributed by atoms with Crippen molar-refractivity contribution in [2.75, 3.05) is 5.75 Å². The summed E-state index contributed by atoms with van der Waals surface area (Å²) in [4.78, 5) is 21.3. The number of nitrogens with zero attached hydrogens (tertiary/aromatic N) is 2. The normalized spacial score (nSPS) is 11.0. The highest BCUT2D eigenvalue weighted by atomic mass is 32.2. The molecule has 2 N–H and O–H groups in total. The van der Waals surface area contributed by atoms with E-state index in [2.05, 4.69) is 10.2 Å². The second-order valence-corrected chi connectivity index (χ2v) is 3.59. The minimum absolute atomic E-state index is 0.248. The van der Waals surface area contributed by atoms with E-state index < -0.39 is 5.97 Å². The molecule has 1 heterocycles. The quantitative estimate of drug-likeness (QED) is 0.561. The second-order valence-electron chi connectivity index (χ2n) is 2.61. The smallest absolute Gasteiger partial charge is 0.343 e. The molecule has 1 aromatic rings. The molecule has 82 valence electrons. The van der Waals surface area contributed by atoms with Crippen molar-refractivity contribution in [2.24, 2.45) is 0 Å². The van der Waals surface area contributed by atoms with Gasteiger partial charge in [0.2, 0.25) is 0 Å². The molecule has 0 saturated heterocycles. The number of carboxylic acid groups (broad SMARTS) is 1. The Kier molecular flexibility index (Phi) is 4.17. The maximum Gasteiger partial charge on any atom is 0.343 e. The number of thioether (sulfide) groups is 1. The van der Waals surface area contributed by atoms with Crippen molar-refractivity contribution in [3.05, 3.63) is 22.6 Å². The Morgan fingerprint density at radius 2 is 2.47 bits per heavy atom. The van der Waals surface area contributed by atoms with Crippen LogP contribution < -0.4 is 5.69 Å². The molecule has 1 rings (SSSR count). The van der Waals surface area contributed by atoms with Crippen molar-refractivity contribution in [3.63, 3.8) is 0 Å². The molecule has 0 aliphatic rings. The third-order valence-electron chi connectivity index (χ3n) is 1.61. The largest absolute Gasteiger partial charge is 0.478 e. The van der Waals surface area contributed by atoms with E-state index in [1.807, 2.05) is 6.92 Å². The van der Waals surface area contributed by atoms with Crippen LogP contribution >= 0.6 is 11.8 Å². The Bertz CT molecular complexity index is 421. The van der Waals surface area contributed by atoms with Crippen LogP contribution in [0.1, 0.15) is 6.92 Å². The summed E-state index contributed by atoms with van der Waals surface area (Å²) in [5, 5.41) is 15.1. The van der Waals surface area contributed by atoms with Gasteiger partial charge in [0.05, 0.1) is 0 Å². The molecule has 0 aliphatic heterocycles. The lowest BCUT2D eigenvalue weighted by atomic mass is 10.5. The fourth-order valence-electron chi connectivity index (χ4n) is 0.964. The molecule has 0 aromatic carbocycles. The van der Waals surface area contributed by atoms with Gasteiger partial charge in [-0.15, -0.1) is 5.10 Å². The lowest BCUT2D eigenvalue weighted by molar-refractivity contribution is -0.131. The van der Waals surface area contributed by atoms with Gasteiger partial charge in [-0.3, -0.25) is 4.57 Å². The molecule has 0 bridgehead atoms. The summed E-state index contributed by atoms with van der Waals surface area (Å²) in [5.74, 6) is -0.512. The number of rotatable bonds is 5. The van der Waals surface area contributed by atoms with Crippen molar-refractivity contribution >= 4 is 17.7 Å². The molecular weight excluding hydrogens is 218 g/mol. The van der Waals surface area contributed by atoms with Crippen molar-refractivity contribution in [3.8, 4) is 0 Å². The van der Waals surface area contributed by atoms with Gasteiger partial charge in [-0.25, -0.2) is 14.7 Å². The van der Waals surface area contributed by atoms with Crippen LogP contribution in [-0.4, -0.2) is 31.6 Å². The molecule has 6 nitrogen and oxygen atoms in total. The zero-order valence-corrected chi connectivity index (χ0v) is 8.95. The Labute approximate surface area is 90.0 Å². The summed E-state index contributed by atoms with van der Waals surface area (Å²) >= 11 is 1.30. The van der Waals surface area contributed by atoms with E-state index in [1.54, 1.807) is 0 Å². The van der Waals surface area contributed by atoms with E-state index in [0.29, 0.717) is 17.5 Å². The first-order valence-electron chi connectivity index (χ1n) is 4.32. The molecule has 0 atom stereocenters. The van der Waals surface area contributed by atoms with E-state index in [1.165, 1.54) is 22.4 Å². The summed E-state index contributed by atoms with van der Waals surface area (Å²) in [6, 6.07) is 0.